The van der Waals surface area contributed by atoms with E-state index in [0.29, 0.717) is 23.9 Å². The molecule has 2 atom stereocenters. The third-order valence-corrected chi connectivity index (χ3v) is 5.52. The molecule has 2 fully saturated rings. The lowest BCUT2D eigenvalue weighted by atomic mass is 9.95. The van der Waals surface area contributed by atoms with Crippen molar-refractivity contribution in [2.75, 3.05) is 25.5 Å². The number of thioether (sulfide) groups is 1. The van der Waals surface area contributed by atoms with E-state index in [-0.39, 0.29) is 5.91 Å². The summed E-state index contributed by atoms with van der Waals surface area (Å²) in [5, 5.41) is 7.28. The van der Waals surface area contributed by atoms with Gasteiger partial charge in [0.1, 0.15) is 0 Å². The molecule has 5 heteroatoms. The van der Waals surface area contributed by atoms with Gasteiger partial charge in [0.2, 0.25) is 5.91 Å². The highest BCUT2D eigenvalue weighted by molar-refractivity contribution is 7.99. The van der Waals surface area contributed by atoms with Crippen LogP contribution in [0.1, 0.15) is 45.4 Å². The minimum absolute atomic E-state index is 0.141. The lowest BCUT2D eigenvalue weighted by Crippen LogP contribution is -2.48. The number of hydrogen-bond donors (Lipinski definition) is 2. The molecule has 116 valence electrons. The fourth-order valence-electron chi connectivity index (χ4n) is 3.09. The molecule has 1 aliphatic carbocycles. The Morgan fingerprint density at radius 1 is 1.20 bits per heavy atom. The van der Waals surface area contributed by atoms with E-state index in [9.17, 15) is 4.79 Å². The lowest BCUT2D eigenvalue weighted by Gasteiger charge is -2.32. The van der Waals surface area contributed by atoms with Crippen molar-refractivity contribution in [2.24, 2.45) is 0 Å². The fraction of sp³-hybridized carbons (Fsp3) is 0.933. The Labute approximate surface area is 126 Å². The highest BCUT2D eigenvalue weighted by Gasteiger charge is 2.25. The van der Waals surface area contributed by atoms with E-state index < -0.39 is 0 Å². The number of rotatable bonds is 6. The number of carbonyl (C=O) groups is 1. The van der Waals surface area contributed by atoms with Crippen molar-refractivity contribution >= 4 is 17.7 Å². The Balaban J connectivity index is 1.68. The number of hydrogen-bond acceptors (Lipinski definition) is 4. The zero-order valence-electron chi connectivity index (χ0n) is 12.5. The summed E-state index contributed by atoms with van der Waals surface area (Å²) >= 11 is 2.04. The van der Waals surface area contributed by atoms with E-state index in [1.54, 1.807) is 0 Å². The van der Waals surface area contributed by atoms with Crippen molar-refractivity contribution in [1.29, 1.82) is 0 Å². The highest BCUT2D eigenvalue weighted by Crippen LogP contribution is 2.28. The van der Waals surface area contributed by atoms with E-state index in [1.165, 1.54) is 25.7 Å². The molecular weight excluding hydrogens is 272 g/mol. The van der Waals surface area contributed by atoms with Gasteiger partial charge in [0.15, 0.2) is 0 Å². The number of amides is 1. The Morgan fingerprint density at radius 3 is 2.70 bits per heavy atom. The third kappa shape index (κ3) is 5.26. The zero-order valence-corrected chi connectivity index (χ0v) is 13.3. The van der Waals surface area contributed by atoms with E-state index in [0.717, 1.165) is 31.8 Å². The van der Waals surface area contributed by atoms with Crippen LogP contribution in [0.3, 0.4) is 0 Å². The average Bonchev–Trinajstić information content (AvgIpc) is 2.48. The topological polar surface area (TPSA) is 50.4 Å². The maximum absolute atomic E-state index is 12.0. The molecule has 0 radical (unpaired) electrons. The Hall–Kier alpha value is -0.260. The van der Waals surface area contributed by atoms with Crippen LogP contribution in [0.5, 0.6) is 0 Å². The smallest absolute Gasteiger partial charge is 0.234 e. The fourth-order valence-corrected chi connectivity index (χ4v) is 4.31. The van der Waals surface area contributed by atoms with Gasteiger partial charge >= 0.3 is 0 Å². The van der Waals surface area contributed by atoms with Crippen LogP contribution in [0.15, 0.2) is 0 Å². The van der Waals surface area contributed by atoms with Crippen molar-refractivity contribution < 1.29 is 9.53 Å². The third-order valence-electron chi connectivity index (χ3n) is 4.19. The Kier molecular flexibility index (Phi) is 7.17. The Morgan fingerprint density at radius 2 is 1.95 bits per heavy atom. The normalized spacial score (nSPS) is 28.2. The standard InChI is InChI=1S/C15H28N2O2S/c1-2-20-14-6-4-3-5-13(14)16-11-15(18)17-12-7-9-19-10-8-12/h12-14,16H,2-11H2,1H3,(H,17,18)/t13-,14+/m1/s1. The van der Waals surface area contributed by atoms with Gasteiger partial charge in [-0.2, -0.15) is 11.8 Å². The van der Waals surface area contributed by atoms with Crippen LogP contribution in [0.2, 0.25) is 0 Å². The van der Waals surface area contributed by atoms with E-state index in [2.05, 4.69) is 17.6 Å². The van der Waals surface area contributed by atoms with Gasteiger partial charge in [-0.3, -0.25) is 4.79 Å². The zero-order chi connectivity index (χ0) is 14.2. The van der Waals surface area contributed by atoms with Crippen molar-refractivity contribution in [1.82, 2.24) is 10.6 Å². The molecule has 0 aromatic rings. The van der Waals surface area contributed by atoms with Crippen molar-refractivity contribution in [2.45, 2.75) is 62.8 Å². The summed E-state index contributed by atoms with van der Waals surface area (Å²) in [6.07, 6.45) is 7.02. The predicted molar refractivity (Wildman–Crippen MR) is 84.2 cm³/mol. The number of carbonyl (C=O) groups excluding carboxylic acids is 1. The summed E-state index contributed by atoms with van der Waals surface area (Å²) < 4.78 is 5.31. The Bertz CT molecular complexity index is 294. The molecule has 4 nitrogen and oxygen atoms in total. The molecule has 0 bridgehead atoms. The van der Waals surface area contributed by atoms with E-state index in [1.807, 2.05) is 11.8 Å². The molecule has 1 saturated carbocycles. The average molecular weight is 300 g/mol. The minimum Gasteiger partial charge on any atom is -0.381 e. The van der Waals surface area contributed by atoms with Crippen LogP contribution in [0.4, 0.5) is 0 Å². The SMILES string of the molecule is CCS[C@H]1CCCC[C@H]1NCC(=O)NC1CCOCC1. The molecule has 0 aromatic heterocycles. The van der Waals surface area contributed by atoms with Gasteiger partial charge in [-0.25, -0.2) is 0 Å². The molecular formula is C15H28N2O2S. The monoisotopic (exact) mass is 300 g/mol. The van der Waals surface area contributed by atoms with Gasteiger partial charge in [-0.1, -0.05) is 19.8 Å². The van der Waals surface area contributed by atoms with Gasteiger partial charge in [-0.05, 0) is 31.4 Å². The first-order chi connectivity index (χ1) is 9.79. The van der Waals surface area contributed by atoms with Crippen LogP contribution in [-0.4, -0.2) is 48.8 Å². The molecule has 2 aliphatic rings. The molecule has 0 unspecified atom stereocenters. The minimum atomic E-state index is 0.141. The molecule has 1 amide bonds. The second-order valence-electron chi connectivity index (χ2n) is 5.72. The molecule has 2 N–H and O–H groups in total. The quantitative estimate of drug-likeness (QED) is 0.787. The van der Waals surface area contributed by atoms with E-state index in [4.69, 9.17) is 4.74 Å². The summed E-state index contributed by atoms with van der Waals surface area (Å²) in [4.78, 5) is 12.0. The summed E-state index contributed by atoms with van der Waals surface area (Å²) in [5.41, 5.74) is 0. The molecule has 0 spiro atoms. The van der Waals surface area contributed by atoms with Crippen LogP contribution in [0.25, 0.3) is 0 Å². The van der Waals surface area contributed by atoms with Crippen LogP contribution in [-0.2, 0) is 9.53 Å². The van der Waals surface area contributed by atoms with Gasteiger partial charge in [-0.15, -0.1) is 0 Å². The second-order valence-corrected chi connectivity index (χ2v) is 7.24. The summed E-state index contributed by atoms with van der Waals surface area (Å²) in [5.74, 6) is 1.31. The van der Waals surface area contributed by atoms with Crippen molar-refractivity contribution in [3.05, 3.63) is 0 Å². The van der Waals surface area contributed by atoms with E-state index >= 15 is 0 Å². The molecule has 0 aromatic carbocycles. The number of ether oxygens (including phenoxy) is 1. The number of nitrogens with one attached hydrogen (secondary N) is 2. The molecule has 2 rings (SSSR count). The maximum Gasteiger partial charge on any atom is 0.234 e. The van der Waals surface area contributed by atoms with Gasteiger partial charge in [0.25, 0.3) is 0 Å². The van der Waals surface area contributed by atoms with Gasteiger partial charge in [0.05, 0.1) is 6.54 Å². The molecule has 1 heterocycles. The summed E-state index contributed by atoms with van der Waals surface area (Å²) in [7, 11) is 0. The van der Waals surface area contributed by atoms with Crippen LogP contribution in [0, 0.1) is 0 Å². The lowest BCUT2D eigenvalue weighted by molar-refractivity contribution is -0.121. The first-order valence-corrected chi connectivity index (χ1v) is 9.06. The summed E-state index contributed by atoms with van der Waals surface area (Å²) in [6, 6.07) is 0.819. The van der Waals surface area contributed by atoms with Gasteiger partial charge < -0.3 is 15.4 Å². The molecule has 1 aliphatic heterocycles. The van der Waals surface area contributed by atoms with Crippen LogP contribution < -0.4 is 10.6 Å². The largest absolute Gasteiger partial charge is 0.381 e. The first kappa shape index (κ1) is 16.1. The first-order valence-electron chi connectivity index (χ1n) is 8.01. The molecule has 20 heavy (non-hydrogen) atoms. The van der Waals surface area contributed by atoms with Crippen molar-refractivity contribution in [3.63, 3.8) is 0 Å². The predicted octanol–water partition coefficient (Wildman–Crippen LogP) is 1.94. The second kappa shape index (κ2) is 8.90. The maximum atomic E-state index is 12.0. The molecule has 1 saturated heterocycles. The van der Waals surface area contributed by atoms with Crippen molar-refractivity contribution in [3.8, 4) is 0 Å². The van der Waals surface area contributed by atoms with Gasteiger partial charge in [0, 0.05) is 30.5 Å². The highest BCUT2D eigenvalue weighted by atomic mass is 32.2. The summed E-state index contributed by atoms with van der Waals surface area (Å²) in [6.45, 7) is 4.23. The van der Waals surface area contributed by atoms with Crippen LogP contribution >= 0.6 is 11.8 Å².